The van der Waals surface area contributed by atoms with Crippen LogP contribution in [0.5, 0.6) is 11.5 Å². The molecule has 0 spiro atoms. The van der Waals surface area contributed by atoms with Gasteiger partial charge < -0.3 is 24.0 Å². The Morgan fingerprint density at radius 2 is 1.63 bits per heavy atom. The Bertz CT molecular complexity index is 1040. The summed E-state index contributed by atoms with van der Waals surface area (Å²) >= 11 is 0. The summed E-state index contributed by atoms with van der Waals surface area (Å²) in [7, 11) is 6.31. The molecule has 0 aromatic heterocycles. The normalized spacial score (nSPS) is 12.2. The molecule has 0 saturated heterocycles. The summed E-state index contributed by atoms with van der Waals surface area (Å²) in [6, 6.07) is 14.1. The standard InChI is InChI=1S/C22H21N3O5/c1-24-16-7-5-6-8-17(16)25(2)21(24)15(12-23)18(26)13-30-19-10-9-14(22(27)29-4)11-20(19)28-3/h5-11H,13H2,1-4H3. The Morgan fingerprint density at radius 3 is 2.17 bits per heavy atom. The number of benzene rings is 2. The number of ketones is 1. The van der Waals surface area contributed by atoms with Crippen LogP contribution in [-0.4, -0.2) is 46.7 Å². The van der Waals surface area contributed by atoms with Crippen molar-refractivity contribution in [2.24, 2.45) is 0 Å². The average Bonchev–Trinajstić information content (AvgIpc) is 3.03. The number of rotatable bonds is 6. The van der Waals surface area contributed by atoms with Gasteiger partial charge in [0, 0.05) is 14.1 Å². The lowest BCUT2D eigenvalue weighted by atomic mass is 10.1. The number of carbonyl (C=O) groups excluding carboxylic acids is 2. The van der Waals surface area contributed by atoms with E-state index in [1.807, 2.05) is 30.3 Å². The van der Waals surface area contributed by atoms with E-state index >= 15 is 0 Å². The molecule has 2 aromatic rings. The van der Waals surface area contributed by atoms with Gasteiger partial charge in [0.2, 0.25) is 5.78 Å². The van der Waals surface area contributed by atoms with Crippen molar-refractivity contribution >= 4 is 23.1 Å². The van der Waals surface area contributed by atoms with Crippen LogP contribution in [0.2, 0.25) is 0 Å². The third-order valence-corrected chi connectivity index (χ3v) is 4.80. The first kappa shape index (κ1) is 20.7. The number of para-hydroxylation sites is 2. The lowest BCUT2D eigenvalue weighted by Crippen LogP contribution is -2.27. The Morgan fingerprint density at radius 1 is 1.00 bits per heavy atom. The van der Waals surface area contributed by atoms with Gasteiger partial charge in [-0.1, -0.05) is 12.1 Å². The summed E-state index contributed by atoms with van der Waals surface area (Å²) in [4.78, 5) is 28.1. The number of anilines is 2. The average molecular weight is 407 g/mol. The first-order chi connectivity index (χ1) is 14.4. The lowest BCUT2D eigenvalue weighted by molar-refractivity contribution is -0.117. The van der Waals surface area contributed by atoms with Gasteiger partial charge in [-0.2, -0.15) is 5.26 Å². The van der Waals surface area contributed by atoms with Crippen molar-refractivity contribution in [1.29, 1.82) is 5.26 Å². The van der Waals surface area contributed by atoms with Crippen molar-refractivity contribution in [3.63, 3.8) is 0 Å². The maximum atomic E-state index is 12.8. The van der Waals surface area contributed by atoms with E-state index < -0.39 is 11.8 Å². The molecule has 8 nitrogen and oxygen atoms in total. The number of nitrogens with zero attached hydrogens (tertiary/aromatic N) is 3. The minimum absolute atomic E-state index is 0.0126. The Hall–Kier alpha value is -3.99. The van der Waals surface area contributed by atoms with Crippen LogP contribution in [0.4, 0.5) is 11.4 Å². The minimum atomic E-state index is -0.515. The summed E-state index contributed by atoms with van der Waals surface area (Å²) in [5, 5.41) is 9.68. The number of esters is 1. The Kier molecular flexibility index (Phi) is 5.93. The second-order valence-electron chi connectivity index (χ2n) is 6.49. The van der Waals surface area contributed by atoms with Crippen LogP contribution in [0.1, 0.15) is 10.4 Å². The van der Waals surface area contributed by atoms with Crippen molar-refractivity contribution in [2.75, 3.05) is 44.7 Å². The molecule has 3 rings (SSSR count). The summed E-state index contributed by atoms with van der Waals surface area (Å²) in [6.07, 6.45) is 0. The molecule has 0 aliphatic carbocycles. The van der Waals surface area contributed by atoms with E-state index in [1.165, 1.54) is 32.4 Å². The van der Waals surface area contributed by atoms with Crippen molar-refractivity contribution in [3.05, 3.63) is 59.4 Å². The van der Waals surface area contributed by atoms with Crippen molar-refractivity contribution in [1.82, 2.24) is 0 Å². The van der Waals surface area contributed by atoms with Gasteiger partial charge in [-0.3, -0.25) is 4.79 Å². The number of methoxy groups -OCH3 is 2. The highest BCUT2D eigenvalue weighted by molar-refractivity contribution is 6.03. The molecule has 0 atom stereocenters. The number of Topliss-reactive ketones (excluding diaryl/α,β-unsaturated/α-hetero) is 1. The Balaban J connectivity index is 1.83. The van der Waals surface area contributed by atoms with Gasteiger partial charge in [0.05, 0.1) is 31.2 Å². The second kappa shape index (κ2) is 8.57. The number of nitriles is 1. The molecule has 0 N–H and O–H groups in total. The van der Waals surface area contributed by atoms with E-state index in [2.05, 4.69) is 4.74 Å². The molecule has 8 heteroatoms. The van der Waals surface area contributed by atoms with Gasteiger partial charge in [0.1, 0.15) is 17.5 Å². The van der Waals surface area contributed by atoms with E-state index in [-0.39, 0.29) is 23.7 Å². The molecule has 0 bridgehead atoms. The van der Waals surface area contributed by atoms with Crippen molar-refractivity contribution < 1.29 is 23.8 Å². The topological polar surface area (TPSA) is 92.1 Å². The second-order valence-corrected chi connectivity index (χ2v) is 6.49. The van der Waals surface area contributed by atoms with Crippen molar-refractivity contribution in [3.8, 4) is 17.6 Å². The molecule has 1 heterocycles. The first-order valence-corrected chi connectivity index (χ1v) is 9.06. The molecule has 0 radical (unpaired) electrons. The summed E-state index contributed by atoms with van der Waals surface area (Å²) in [6.45, 7) is -0.363. The van der Waals surface area contributed by atoms with E-state index in [9.17, 15) is 14.9 Å². The molecule has 1 aliphatic heterocycles. The van der Waals surface area contributed by atoms with Gasteiger partial charge in [0.25, 0.3) is 0 Å². The maximum absolute atomic E-state index is 12.8. The molecule has 0 amide bonds. The first-order valence-electron chi connectivity index (χ1n) is 9.06. The Labute approximate surface area is 174 Å². The molecule has 1 aliphatic rings. The molecule has 0 fully saturated rings. The quantitative estimate of drug-likeness (QED) is 0.410. The highest BCUT2D eigenvalue weighted by Gasteiger charge is 2.31. The predicted molar refractivity (Wildman–Crippen MR) is 111 cm³/mol. The van der Waals surface area contributed by atoms with Crippen molar-refractivity contribution in [2.45, 2.75) is 0 Å². The van der Waals surface area contributed by atoms with Gasteiger partial charge >= 0.3 is 5.97 Å². The summed E-state index contributed by atoms with van der Waals surface area (Å²) in [5.41, 5.74) is 2.08. The fraction of sp³-hybridized carbons (Fsp3) is 0.227. The highest BCUT2D eigenvalue weighted by Crippen LogP contribution is 2.40. The molecule has 2 aromatic carbocycles. The molecule has 0 saturated carbocycles. The van der Waals surface area contributed by atoms with Gasteiger partial charge in [-0.25, -0.2) is 4.79 Å². The van der Waals surface area contributed by atoms with Crippen LogP contribution >= 0.6 is 0 Å². The van der Waals surface area contributed by atoms with Crippen LogP contribution in [0, 0.1) is 11.3 Å². The van der Waals surface area contributed by atoms with Crippen LogP contribution in [0.25, 0.3) is 0 Å². The van der Waals surface area contributed by atoms with Gasteiger partial charge in [0.15, 0.2) is 18.1 Å². The van der Waals surface area contributed by atoms with Crippen LogP contribution < -0.4 is 19.3 Å². The van der Waals surface area contributed by atoms with Gasteiger partial charge in [-0.05, 0) is 30.3 Å². The highest BCUT2D eigenvalue weighted by atomic mass is 16.5. The minimum Gasteiger partial charge on any atom is -0.493 e. The molecular weight excluding hydrogens is 386 g/mol. The largest absolute Gasteiger partial charge is 0.493 e. The smallest absolute Gasteiger partial charge is 0.337 e. The van der Waals surface area contributed by atoms with E-state index in [1.54, 1.807) is 23.9 Å². The monoisotopic (exact) mass is 407 g/mol. The van der Waals surface area contributed by atoms with E-state index in [4.69, 9.17) is 9.47 Å². The van der Waals surface area contributed by atoms with Crippen LogP contribution in [-0.2, 0) is 9.53 Å². The predicted octanol–water partition coefficient (Wildman–Crippen LogP) is 2.75. The zero-order valence-corrected chi connectivity index (χ0v) is 17.1. The number of fused-ring (bicyclic) bond motifs is 1. The summed E-state index contributed by atoms with van der Waals surface area (Å²) < 4.78 is 15.5. The van der Waals surface area contributed by atoms with E-state index in [0.29, 0.717) is 11.4 Å². The maximum Gasteiger partial charge on any atom is 0.337 e. The summed E-state index contributed by atoms with van der Waals surface area (Å²) in [5.74, 6) is 0.0503. The molecule has 30 heavy (non-hydrogen) atoms. The van der Waals surface area contributed by atoms with Crippen LogP contribution in [0.15, 0.2) is 53.9 Å². The SMILES string of the molecule is COC(=O)c1ccc(OCC(=O)C(C#N)=C2N(C)c3ccccc3N2C)c(OC)c1. The zero-order valence-electron chi connectivity index (χ0n) is 17.1. The van der Waals surface area contributed by atoms with E-state index in [0.717, 1.165) is 11.4 Å². The zero-order chi connectivity index (χ0) is 21.8. The number of hydrogen-bond donors (Lipinski definition) is 0. The molecular formula is C22H21N3O5. The number of ether oxygens (including phenoxy) is 3. The fourth-order valence-corrected chi connectivity index (χ4v) is 3.30. The molecule has 154 valence electrons. The lowest BCUT2D eigenvalue weighted by Gasteiger charge is -2.20. The number of carbonyl (C=O) groups is 2. The fourth-order valence-electron chi connectivity index (χ4n) is 3.30. The third-order valence-electron chi connectivity index (χ3n) is 4.80. The molecule has 0 unspecified atom stereocenters. The van der Waals surface area contributed by atoms with Gasteiger partial charge in [-0.15, -0.1) is 0 Å². The van der Waals surface area contributed by atoms with Crippen LogP contribution in [0.3, 0.4) is 0 Å². The third kappa shape index (κ3) is 3.65. The number of hydrogen-bond acceptors (Lipinski definition) is 8.